The molecule has 0 fully saturated rings. The molecule has 0 aromatic carbocycles. The van der Waals surface area contributed by atoms with Crippen molar-refractivity contribution in [3.05, 3.63) is 0 Å². The van der Waals surface area contributed by atoms with E-state index < -0.39 is 0 Å². The van der Waals surface area contributed by atoms with E-state index in [9.17, 15) is 4.79 Å². The zero-order chi connectivity index (χ0) is 15.3. The fourth-order valence-corrected chi connectivity index (χ4v) is 2.61. The number of ether oxygens (including phenoxy) is 1. The van der Waals surface area contributed by atoms with E-state index in [-0.39, 0.29) is 17.3 Å². The Hall–Kier alpha value is -1.24. The van der Waals surface area contributed by atoms with Crippen LogP contribution in [0.3, 0.4) is 0 Å². The summed E-state index contributed by atoms with van der Waals surface area (Å²) in [4.78, 5) is 13.7. The predicted octanol–water partition coefficient (Wildman–Crippen LogP) is 2.36. The summed E-state index contributed by atoms with van der Waals surface area (Å²) in [6.45, 7) is 8.41. The highest BCUT2D eigenvalue weighted by atomic mass is 32.2. The average Bonchev–Trinajstić information content (AvgIpc) is 2.79. The Labute approximate surface area is 124 Å². The lowest BCUT2D eigenvalue weighted by molar-refractivity contribution is -0.142. The third kappa shape index (κ3) is 4.13. The van der Waals surface area contributed by atoms with Crippen LogP contribution in [0.15, 0.2) is 5.16 Å². The highest BCUT2D eigenvalue weighted by molar-refractivity contribution is 8.00. The summed E-state index contributed by atoms with van der Waals surface area (Å²) in [5, 5.41) is 8.81. The average molecular weight is 300 g/mol. The zero-order valence-corrected chi connectivity index (χ0v) is 13.9. The first-order chi connectivity index (χ1) is 9.38. The van der Waals surface area contributed by atoms with Crippen LogP contribution >= 0.6 is 11.8 Å². The van der Waals surface area contributed by atoms with Gasteiger partial charge in [0.05, 0.1) is 6.61 Å². The van der Waals surface area contributed by atoms with Crippen molar-refractivity contribution >= 4 is 23.7 Å². The minimum atomic E-state index is -0.293. The van der Waals surface area contributed by atoms with Gasteiger partial charge in [-0.05, 0) is 27.2 Å². The molecule has 7 heteroatoms. The van der Waals surface area contributed by atoms with Crippen LogP contribution in [0, 0.1) is 0 Å². The number of nitrogens with zero attached hydrogens (tertiary/aromatic N) is 4. The van der Waals surface area contributed by atoms with Crippen molar-refractivity contribution < 1.29 is 9.53 Å². The molecule has 0 bridgehead atoms. The standard InChI is InChI=1S/C13H24N4O2S/c1-7-8-19-11(18)10(4)20-13-15-14-12(16(5)6)17(13)9(2)3/h9-10H,7-8H2,1-6H3. The molecule has 0 aliphatic carbocycles. The number of rotatable bonds is 7. The Kier molecular flexibility index (Phi) is 6.32. The Morgan fingerprint density at radius 3 is 2.50 bits per heavy atom. The lowest BCUT2D eigenvalue weighted by Crippen LogP contribution is -2.20. The Balaban J connectivity index is 2.84. The van der Waals surface area contributed by atoms with Gasteiger partial charge in [-0.3, -0.25) is 9.36 Å². The largest absolute Gasteiger partial charge is 0.465 e. The topological polar surface area (TPSA) is 60.2 Å². The third-order valence-electron chi connectivity index (χ3n) is 2.63. The second kappa shape index (κ2) is 7.52. The van der Waals surface area contributed by atoms with Crippen LogP contribution in [-0.2, 0) is 9.53 Å². The maximum atomic E-state index is 11.8. The van der Waals surface area contributed by atoms with Gasteiger partial charge in [-0.1, -0.05) is 18.7 Å². The Morgan fingerprint density at radius 2 is 2.00 bits per heavy atom. The summed E-state index contributed by atoms with van der Waals surface area (Å²) < 4.78 is 7.17. The van der Waals surface area contributed by atoms with Gasteiger partial charge in [0.2, 0.25) is 5.95 Å². The van der Waals surface area contributed by atoms with Gasteiger partial charge < -0.3 is 9.64 Å². The third-order valence-corrected chi connectivity index (χ3v) is 3.66. The van der Waals surface area contributed by atoms with E-state index >= 15 is 0 Å². The minimum absolute atomic E-state index is 0.207. The quantitative estimate of drug-likeness (QED) is 0.569. The van der Waals surface area contributed by atoms with Gasteiger partial charge in [0.1, 0.15) is 5.25 Å². The molecule has 6 nitrogen and oxygen atoms in total. The number of esters is 1. The number of carbonyl (C=O) groups is 1. The SMILES string of the molecule is CCCOC(=O)C(C)Sc1nnc(N(C)C)n1C(C)C. The monoisotopic (exact) mass is 300 g/mol. The molecule has 1 unspecified atom stereocenters. The van der Waals surface area contributed by atoms with Crippen molar-refractivity contribution in [2.24, 2.45) is 0 Å². The molecule has 1 rings (SSSR count). The number of hydrogen-bond acceptors (Lipinski definition) is 6. The molecule has 0 spiro atoms. The number of anilines is 1. The van der Waals surface area contributed by atoms with Crippen LogP contribution in [-0.4, -0.2) is 46.7 Å². The highest BCUT2D eigenvalue weighted by Crippen LogP contribution is 2.28. The predicted molar refractivity (Wildman–Crippen MR) is 81.3 cm³/mol. The molecule has 20 heavy (non-hydrogen) atoms. The molecule has 0 saturated heterocycles. The van der Waals surface area contributed by atoms with Gasteiger partial charge in [0.15, 0.2) is 5.16 Å². The molecule has 1 aromatic heterocycles. The van der Waals surface area contributed by atoms with Gasteiger partial charge in [-0.2, -0.15) is 0 Å². The molecule has 0 radical (unpaired) electrons. The van der Waals surface area contributed by atoms with Gasteiger partial charge in [-0.25, -0.2) is 0 Å². The van der Waals surface area contributed by atoms with Crippen molar-refractivity contribution in [2.45, 2.75) is 50.6 Å². The molecular formula is C13H24N4O2S. The van der Waals surface area contributed by atoms with Crippen molar-refractivity contribution in [1.82, 2.24) is 14.8 Å². The number of carbonyl (C=O) groups excluding carboxylic acids is 1. The summed E-state index contributed by atoms with van der Waals surface area (Å²) in [7, 11) is 3.85. The Bertz CT molecular complexity index is 446. The number of hydrogen-bond donors (Lipinski definition) is 0. The highest BCUT2D eigenvalue weighted by Gasteiger charge is 2.22. The minimum Gasteiger partial charge on any atom is -0.465 e. The summed E-state index contributed by atoms with van der Waals surface area (Å²) in [5.74, 6) is 0.582. The maximum absolute atomic E-state index is 11.8. The van der Waals surface area contributed by atoms with E-state index in [0.29, 0.717) is 6.61 Å². The molecule has 1 aromatic rings. The molecule has 0 N–H and O–H groups in total. The first-order valence-corrected chi connectivity index (χ1v) is 7.71. The van der Waals surface area contributed by atoms with E-state index in [1.807, 2.05) is 37.4 Å². The maximum Gasteiger partial charge on any atom is 0.319 e. The fraction of sp³-hybridized carbons (Fsp3) is 0.769. The van der Waals surface area contributed by atoms with Gasteiger partial charge >= 0.3 is 5.97 Å². The normalized spacial score (nSPS) is 12.6. The molecule has 0 aliphatic rings. The first kappa shape index (κ1) is 16.8. The molecule has 1 heterocycles. The van der Waals surface area contributed by atoms with Crippen LogP contribution < -0.4 is 4.90 Å². The first-order valence-electron chi connectivity index (χ1n) is 6.84. The van der Waals surface area contributed by atoms with Crippen molar-refractivity contribution in [2.75, 3.05) is 25.6 Å². The summed E-state index contributed by atoms with van der Waals surface area (Å²) >= 11 is 1.38. The molecule has 0 amide bonds. The summed E-state index contributed by atoms with van der Waals surface area (Å²) in [6.07, 6.45) is 0.829. The van der Waals surface area contributed by atoms with Crippen LogP contribution in [0.5, 0.6) is 0 Å². The van der Waals surface area contributed by atoms with Crippen molar-refractivity contribution in [3.8, 4) is 0 Å². The van der Waals surface area contributed by atoms with E-state index in [4.69, 9.17) is 4.74 Å². The van der Waals surface area contributed by atoms with Crippen molar-refractivity contribution in [1.29, 1.82) is 0 Å². The van der Waals surface area contributed by atoms with E-state index in [1.54, 1.807) is 0 Å². The number of thioether (sulfide) groups is 1. The van der Waals surface area contributed by atoms with E-state index in [1.165, 1.54) is 11.8 Å². The fourth-order valence-electron chi connectivity index (χ4n) is 1.63. The molecule has 0 aliphatic heterocycles. The second-order valence-corrected chi connectivity index (χ2v) is 6.38. The Morgan fingerprint density at radius 1 is 1.35 bits per heavy atom. The van der Waals surface area contributed by atoms with E-state index in [2.05, 4.69) is 24.0 Å². The molecular weight excluding hydrogens is 276 g/mol. The zero-order valence-electron chi connectivity index (χ0n) is 13.1. The van der Waals surface area contributed by atoms with Crippen LogP contribution in [0.4, 0.5) is 5.95 Å². The van der Waals surface area contributed by atoms with Gasteiger partial charge in [0.25, 0.3) is 0 Å². The summed E-state index contributed by atoms with van der Waals surface area (Å²) in [5.41, 5.74) is 0. The van der Waals surface area contributed by atoms with E-state index in [0.717, 1.165) is 17.5 Å². The van der Waals surface area contributed by atoms with Crippen LogP contribution in [0.1, 0.15) is 40.2 Å². The lowest BCUT2D eigenvalue weighted by Gasteiger charge is -2.18. The second-order valence-electron chi connectivity index (χ2n) is 5.07. The smallest absolute Gasteiger partial charge is 0.319 e. The van der Waals surface area contributed by atoms with Gasteiger partial charge in [-0.15, -0.1) is 10.2 Å². The lowest BCUT2D eigenvalue weighted by atomic mass is 10.4. The summed E-state index contributed by atoms with van der Waals surface area (Å²) in [6, 6.07) is 0.226. The van der Waals surface area contributed by atoms with Crippen LogP contribution in [0.2, 0.25) is 0 Å². The van der Waals surface area contributed by atoms with Crippen molar-refractivity contribution in [3.63, 3.8) is 0 Å². The number of aromatic nitrogens is 3. The molecule has 114 valence electrons. The van der Waals surface area contributed by atoms with Crippen LogP contribution in [0.25, 0.3) is 0 Å². The molecule has 0 saturated carbocycles. The molecule has 1 atom stereocenters. The van der Waals surface area contributed by atoms with Gasteiger partial charge in [0, 0.05) is 20.1 Å².